The zero-order valence-corrected chi connectivity index (χ0v) is 7.90. The molecule has 1 N–H and O–H groups in total. The van der Waals surface area contributed by atoms with Crippen molar-refractivity contribution < 1.29 is 0 Å². The minimum absolute atomic E-state index is 0.844. The summed E-state index contributed by atoms with van der Waals surface area (Å²) in [5.74, 6) is 0.967. The van der Waals surface area contributed by atoms with E-state index in [0.29, 0.717) is 0 Å². The molecule has 66 valence electrons. The lowest BCUT2D eigenvalue weighted by Gasteiger charge is -2.10. The first-order valence-corrected chi connectivity index (χ1v) is 5.06. The SMILES string of the molecule is CCCCNC1CCC(C)C1. The van der Waals surface area contributed by atoms with E-state index in [1.807, 2.05) is 0 Å². The molecule has 0 bridgehead atoms. The van der Waals surface area contributed by atoms with E-state index in [1.54, 1.807) is 0 Å². The Morgan fingerprint density at radius 1 is 1.36 bits per heavy atom. The van der Waals surface area contributed by atoms with Crippen LogP contribution in [0.15, 0.2) is 0 Å². The lowest BCUT2D eigenvalue weighted by atomic mass is 10.1. The molecule has 1 aliphatic rings. The van der Waals surface area contributed by atoms with Crippen molar-refractivity contribution in [1.82, 2.24) is 5.32 Å². The van der Waals surface area contributed by atoms with Crippen LogP contribution in [-0.2, 0) is 0 Å². The van der Waals surface area contributed by atoms with Crippen LogP contribution in [0.4, 0.5) is 0 Å². The molecule has 2 atom stereocenters. The standard InChI is InChI=1S/C10H21N/c1-3-4-7-11-10-6-5-9(2)8-10/h9-11H,3-8H2,1-2H3. The zero-order chi connectivity index (χ0) is 8.10. The summed E-state index contributed by atoms with van der Waals surface area (Å²) in [7, 11) is 0. The van der Waals surface area contributed by atoms with E-state index in [-0.39, 0.29) is 0 Å². The highest BCUT2D eigenvalue weighted by Crippen LogP contribution is 2.24. The number of hydrogen-bond donors (Lipinski definition) is 1. The van der Waals surface area contributed by atoms with Crippen LogP contribution in [0.5, 0.6) is 0 Å². The quantitative estimate of drug-likeness (QED) is 0.615. The maximum Gasteiger partial charge on any atom is 0.00696 e. The lowest BCUT2D eigenvalue weighted by Crippen LogP contribution is -2.27. The summed E-state index contributed by atoms with van der Waals surface area (Å²) >= 11 is 0. The largest absolute Gasteiger partial charge is 0.314 e. The summed E-state index contributed by atoms with van der Waals surface area (Å²) in [6, 6.07) is 0.844. The molecule has 0 spiro atoms. The van der Waals surface area contributed by atoms with Crippen molar-refractivity contribution in [2.24, 2.45) is 5.92 Å². The fraction of sp³-hybridized carbons (Fsp3) is 1.00. The van der Waals surface area contributed by atoms with Crippen LogP contribution >= 0.6 is 0 Å². The van der Waals surface area contributed by atoms with Crippen molar-refractivity contribution in [2.45, 2.75) is 52.0 Å². The topological polar surface area (TPSA) is 12.0 Å². The maximum atomic E-state index is 3.61. The highest BCUT2D eigenvalue weighted by atomic mass is 14.9. The lowest BCUT2D eigenvalue weighted by molar-refractivity contribution is 0.494. The second-order valence-electron chi connectivity index (χ2n) is 3.92. The van der Waals surface area contributed by atoms with Gasteiger partial charge < -0.3 is 5.32 Å². The Morgan fingerprint density at radius 2 is 2.18 bits per heavy atom. The summed E-state index contributed by atoms with van der Waals surface area (Å²) in [4.78, 5) is 0. The van der Waals surface area contributed by atoms with Gasteiger partial charge in [-0.3, -0.25) is 0 Å². The number of rotatable bonds is 4. The van der Waals surface area contributed by atoms with Gasteiger partial charge in [-0.1, -0.05) is 20.3 Å². The van der Waals surface area contributed by atoms with Crippen LogP contribution in [0.3, 0.4) is 0 Å². The molecule has 0 radical (unpaired) electrons. The van der Waals surface area contributed by atoms with E-state index in [2.05, 4.69) is 19.2 Å². The number of unbranched alkanes of at least 4 members (excludes halogenated alkanes) is 1. The van der Waals surface area contributed by atoms with Gasteiger partial charge in [0.15, 0.2) is 0 Å². The first kappa shape index (κ1) is 9.05. The Labute approximate surface area is 70.6 Å². The third kappa shape index (κ3) is 3.24. The van der Waals surface area contributed by atoms with Gasteiger partial charge in [0.2, 0.25) is 0 Å². The Morgan fingerprint density at radius 3 is 2.73 bits per heavy atom. The average molecular weight is 155 g/mol. The second-order valence-corrected chi connectivity index (χ2v) is 3.92. The van der Waals surface area contributed by atoms with Gasteiger partial charge in [-0.2, -0.15) is 0 Å². The number of hydrogen-bond acceptors (Lipinski definition) is 1. The second kappa shape index (κ2) is 4.76. The van der Waals surface area contributed by atoms with Crippen molar-refractivity contribution in [1.29, 1.82) is 0 Å². The first-order valence-electron chi connectivity index (χ1n) is 5.06. The molecular weight excluding hydrogens is 134 g/mol. The molecule has 1 nitrogen and oxygen atoms in total. The van der Waals surface area contributed by atoms with Crippen molar-refractivity contribution in [3.05, 3.63) is 0 Å². The third-order valence-electron chi connectivity index (χ3n) is 2.66. The molecule has 0 aromatic heterocycles. The molecule has 0 heterocycles. The molecule has 1 aliphatic carbocycles. The summed E-state index contributed by atoms with van der Waals surface area (Å²) in [5, 5.41) is 3.61. The molecule has 0 aromatic rings. The Balaban J connectivity index is 1.99. The molecule has 1 heteroatoms. The first-order chi connectivity index (χ1) is 5.33. The van der Waals surface area contributed by atoms with Gasteiger partial charge in [0.25, 0.3) is 0 Å². The van der Waals surface area contributed by atoms with Gasteiger partial charge in [0.05, 0.1) is 0 Å². The molecule has 1 fully saturated rings. The van der Waals surface area contributed by atoms with Crippen LogP contribution in [0.25, 0.3) is 0 Å². The molecule has 11 heavy (non-hydrogen) atoms. The maximum absolute atomic E-state index is 3.61. The van der Waals surface area contributed by atoms with E-state index >= 15 is 0 Å². The Hall–Kier alpha value is -0.0400. The minimum atomic E-state index is 0.844. The third-order valence-corrected chi connectivity index (χ3v) is 2.66. The normalized spacial score (nSPS) is 31.1. The van der Waals surface area contributed by atoms with Crippen molar-refractivity contribution in [2.75, 3.05) is 6.54 Å². The van der Waals surface area contributed by atoms with E-state index in [9.17, 15) is 0 Å². The molecule has 0 aromatic carbocycles. The molecule has 0 saturated heterocycles. The van der Waals surface area contributed by atoms with Crippen LogP contribution < -0.4 is 5.32 Å². The van der Waals surface area contributed by atoms with Crippen LogP contribution in [-0.4, -0.2) is 12.6 Å². The van der Waals surface area contributed by atoms with E-state index < -0.39 is 0 Å². The summed E-state index contributed by atoms with van der Waals surface area (Å²) in [6.45, 7) is 5.84. The molecular formula is C10H21N. The predicted molar refractivity (Wildman–Crippen MR) is 49.7 cm³/mol. The zero-order valence-electron chi connectivity index (χ0n) is 7.90. The minimum Gasteiger partial charge on any atom is -0.314 e. The fourth-order valence-electron chi connectivity index (χ4n) is 1.88. The summed E-state index contributed by atoms with van der Waals surface area (Å²) in [6.07, 6.45) is 6.90. The van der Waals surface area contributed by atoms with Gasteiger partial charge in [0, 0.05) is 6.04 Å². The van der Waals surface area contributed by atoms with Crippen molar-refractivity contribution in [3.63, 3.8) is 0 Å². The fourth-order valence-corrected chi connectivity index (χ4v) is 1.88. The predicted octanol–water partition coefficient (Wildman–Crippen LogP) is 2.56. The molecule has 0 amide bonds. The van der Waals surface area contributed by atoms with Gasteiger partial charge in [-0.15, -0.1) is 0 Å². The average Bonchev–Trinajstić information content (AvgIpc) is 2.37. The summed E-state index contributed by atoms with van der Waals surface area (Å²) in [5.41, 5.74) is 0. The van der Waals surface area contributed by atoms with E-state index in [4.69, 9.17) is 0 Å². The van der Waals surface area contributed by atoms with Crippen LogP contribution in [0.2, 0.25) is 0 Å². The van der Waals surface area contributed by atoms with Gasteiger partial charge >= 0.3 is 0 Å². The summed E-state index contributed by atoms with van der Waals surface area (Å²) < 4.78 is 0. The molecule has 1 saturated carbocycles. The van der Waals surface area contributed by atoms with Crippen molar-refractivity contribution >= 4 is 0 Å². The molecule has 2 unspecified atom stereocenters. The molecule has 1 rings (SSSR count). The number of nitrogens with one attached hydrogen (secondary N) is 1. The highest BCUT2D eigenvalue weighted by Gasteiger charge is 2.19. The van der Waals surface area contributed by atoms with E-state index in [0.717, 1.165) is 12.0 Å². The molecule has 0 aliphatic heterocycles. The van der Waals surface area contributed by atoms with Gasteiger partial charge in [-0.05, 0) is 38.1 Å². The van der Waals surface area contributed by atoms with Gasteiger partial charge in [-0.25, -0.2) is 0 Å². The monoisotopic (exact) mass is 155 g/mol. The highest BCUT2D eigenvalue weighted by molar-refractivity contribution is 4.77. The smallest absolute Gasteiger partial charge is 0.00696 e. The Kier molecular flexibility index (Phi) is 3.92. The van der Waals surface area contributed by atoms with E-state index in [1.165, 1.54) is 38.6 Å². The van der Waals surface area contributed by atoms with Crippen LogP contribution in [0, 0.1) is 5.92 Å². The van der Waals surface area contributed by atoms with Crippen molar-refractivity contribution in [3.8, 4) is 0 Å². The Bertz CT molecular complexity index is 101. The van der Waals surface area contributed by atoms with Gasteiger partial charge in [0.1, 0.15) is 0 Å². The van der Waals surface area contributed by atoms with Crippen LogP contribution in [0.1, 0.15) is 46.0 Å².